The Morgan fingerprint density at radius 3 is 2.73 bits per heavy atom. The third kappa shape index (κ3) is 1.48. The van der Waals surface area contributed by atoms with E-state index in [1.807, 2.05) is 0 Å². The van der Waals surface area contributed by atoms with E-state index in [9.17, 15) is 14.3 Å². The molecule has 0 fully saturated rings. The minimum absolute atomic E-state index is 0.100. The summed E-state index contributed by atoms with van der Waals surface area (Å²) in [6.07, 6.45) is 1.48. The fraction of sp³-hybridized carbons (Fsp3) is 0. The summed E-state index contributed by atoms with van der Waals surface area (Å²) >= 11 is 0. The van der Waals surface area contributed by atoms with Gasteiger partial charge in [0.05, 0.1) is 11.8 Å². The summed E-state index contributed by atoms with van der Waals surface area (Å²) < 4.78 is 14.3. The summed E-state index contributed by atoms with van der Waals surface area (Å²) in [5.74, 6) is -0.886. The molecule has 0 aliphatic carbocycles. The van der Waals surface area contributed by atoms with Crippen molar-refractivity contribution >= 4 is 6.29 Å². The molecule has 1 N–H and O–H groups in total. The number of hydrogen-bond acceptors (Lipinski definition) is 3. The highest BCUT2D eigenvalue weighted by Crippen LogP contribution is 2.21. The number of carbonyl (C=O) groups is 1. The quantitative estimate of drug-likeness (QED) is 0.758. The molecule has 0 atom stereocenters. The zero-order valence-corrected chi connectivity index (χ0v) is 7.59. The highest BCUT2D eigenvalue weighted by atomic mass is 19.1. The lowest BCUT2D eigenvalue weighted by molar-refractivity contribution is 0.111. The molecule has 1 aromatic heterocycles. The molecule has 76 valence electrons. The van der Waals surface area contributed by atoms with Gasteiger partial charge in [0.1, 0.15) is 11.4 Å². The first-order valence-corrected chi connectivity index (χ1v) is 4.21. The van der Waals surface area contributed by atoms with Gasteiger partial charge in [0.2, 0.25) is 5.95 Å². The van der Waals surface area contributed by atoms with Gasteiger partial charge >= 0.3 is 0 Å². The molecule has 0 unspecified atom stereocenters. The molecule has 0 aliphatic rings. The molecule has 2 aromatic rings. The molecular weight excluding hydrogens is 199 g/mol. The normalized spacial score (nSPS) is 10.2. The van der Waals surface area contributed by atoms with Crippen molar-refractivity contribution in [2.24, 2.45) is 0 Å². The van der Waals surface area contributed by atoms with Crippen LogP contribution in [-0.2, 0) is 0 Å². The zero-order valence-electron chi connectivity index (χ0n) is 7.59. The summed E-state index contributed by atoms with van der Waals surface area (Å²) in [6, 6.07) is 6.16. The maximum absolute atomic E-state index is 13.5. The van der Waals surface area contributed by atoms with Crippen LogP contribution in [0.2, 0.25) is 0 Å². The predicted molar refractivity (Wildman–Crippen MR) is 50.6 cm³/mol. The molecule has 4 nitrogen and oxygen atoms in total. The molecule has 0 amide bonds. The lowest BCUT2D eigenvalue weighted by Crippen LogP contribution is -2.00. The van der Waals surface area contributed by atoms with Gasteiger partial charge in [-0.05, 0) is 12.1 Å². The van der Waals surface area contributed by atoms with Crippen LogP contribution in [0.3, 0.4) is 0 Å². The van der Waals surface area contributed by atoms with Crippen molar-refractivity contribution in [1.29, 1.82) is 0 Å². The highest BCUT2D eigenvalue weighted by Gasteiger charge is 2.13. The SMILES string of the molecule is O=Cc1cnn(-c2ccccc2O)c1F. The molecule has 0 saturated heterocycles. The first-order chi connectivity index (χ1) is 7.24. The van der Waals surface area contributed by atoms with Crippen molar-refractivity contribution in [1.82, 2.24) is 9.78 Å². The summed E-state index contributed by atoms with van der Waals surface area (Å²) in [5.41, 5.74) is 0.0568. The van der Waals surface area contributed by atoms with E-state index in [1.165, 1.54) is 12.1 Å². The van der Waals surface area contributed by atoms with Crippen LogP contribution in [0.25, 0.3) is 5.69 Å². The summed E-state index contributed by atoms with van der Waals surface area (Å²) in [6.45, 7) is 0. The molecule has 1 heterocycles. The second-order valence-electron chi connectivity index (χ2n) is 2.91. The fourth-order valence-electron chi connectivity index (χ4n) is 1.24. The number of aromatic hydroxyl groups is 1. The molecular formula is C10H7FN2O2. The average molecular weight is 206 g/mol. The maximum Gasteiger partial charge on any atom is 0.226 e. The standard InChI is InChI=1S/C10H7FN2O2/c11-10-7(6-14)5-12-13(10)8-3-1-2-4-9(8)15/h1-6,15H. The van der Waals surface area contributed by atoms with E-state index in [1.54, 1.807) is 12.1 Å². The van der Waals surface area contributed by atoms with Gasteiger partial charge in [-0.1, -0.05) is 12.1 Å². The number of aromatic nitrogens is 2. The number of rotatable bonds is 2. The van der Waals surface area contributed by atoms with Crippen LogP contribution in [-0.4, -0.2) is 21.2 Å². The van der Waals surface area contributed by atoms with Gasteiger partial charge in [-0.15, -0.1) is 0 Å². The van der Waals surface area contributed by atoms with Crippen molar-refractivity contribution in [2.45, 2.75) is 0 Å². The minimum atomic E-state index is -0.786. The molecule has 15 heavy (non-hydrogen) atoms. The summed E-state index contributed by atoms with van der Waals surface area (Å²) in [7, 11) is 0. The van der Waals surface area contributed by atoms with Crippen molar-refractivity contribution in [3.8, 4) is 11.4 Å². The van der Waals surface area contributed by atoms with Gasteiger partial charge in [-0.25, -0.2) is 4.68 Å². The van der Waals surface area contributed by atoms with E-state index in [4.69, 9.17) is 0 Å². The van der Waals surface area contributed by atoms with Gasteiger partial charge in [-0.2, -0.15) is 9.49 Å². The Hall–Kier alpha value is -2.17. The number of benzene rings is 1. The Morgan fingerprint density at radius 2 is 2.13 bits per heavy atom. The van der Waals surface area contributed by atoms with Crippen molar-refractivity contribution in [2.75, 3.05) is 0 Å². The zero-order chi connectivity index (χ0) is 10.8. The van der Waals surface area contributed by atoms with E-state index in [0.29, 0.717) is 6.29 Å². The largest absolute Gasteiger partial charge is 0.506 e. The number of carbonyl (C=O) groups excluding carboxylic acids is 1. The Bertz CT molecular complexity index is 508. The van der Waals surface area contributed by atoms with E-state index in [-0.39, 0.29) is 17.0 Å². The van der Waals surface area contributed by atoms with E-state index < -0.39 is 5.95 Å². The Labute approximate surface area is 84.6 Å². The first kappa shape index (κ1) is 9.39. The number of aldehydes is 1. The van der Waals surface area contributed by atoms with Crippen LogP contribution in [0.15, 0.2) is 30.5 Å². The van der Waals surface area contributed by atoms with Crippen LogP contribution in [0.4, 0.5) is 4.39 Å². The second-order valence-corrected chi connectivity index (χ2v) is 2.91. The molecule has 0 spiro atoms. The minimum Gasteiger partial charge on any atom is -0.506 e. The van der Waals surface area contributed by atoms with E-state index in [2.05, 4.69) is 5.10 Å². The highest BCUT2D eigenvalue weighted by molar-refractivity contribution is 5.74. The van der Waals surface area contributed by atoms with Crippen molar-refractivity contribution < 1.29 is 14.3 Å². The smallest absolute Gasteiger partial charge is 0.226 e. The van der Waals surface area contributed by atoms with E-state index in [0.717, 1.165) is 10.9 Å². The lowest BCUT2D eigenvalue weighted by Gasteiger charge is -2.03. The van der Waals surface area contributed by atoms with Crippen molar-refractivity contribution in [3.05, 3.63) is 42.0 Å². The summed E-state index contributed by atoms with van der Waals surface area (Å²) in [5, 5.41) is 13.1. The van der Waals surface area contributed by atoms with Crippen LogP contribution >= 0.6 is 0 Å². The van der Waals surface area contributed by atoms with Gasteiger partial charge in [0.15, 0.2) is 6.29 Å². The molecule has 2 rings (SSSR count). The molecule has 0 saturated carbocycles. The van der Waals surface area contributed by atoms with Crippen LogP contribution in [0.5, 0.6) is 5.75 Å². The van der Waals surface area contributed by atoms with Crippen LogP contribution < -0.4 is 0 Å². The number of phenolic OH excluding ortho intramolecular Hbond substituents is 1. The Balaban J connectivity index is 2.59. The third-order valence-electron chi connectivity index (χ3n) is 1.97. The van der Waals surface area contributed by atoms with Gasteiger partial charge in [0.25, 0.3) is 0 Å². The number of nitrogens with zero attached hydrogens (tertiary/aromatic N) is 2. The average Bonchev–Trinajstić information content (AvgIpc) is 2.60. The Morgan fingerprint density at radius 1 is 1.40 bits per heavy atom. The monoisotopic (exact) mass is 206 g/mol. The second kappa shape index (κ2) is 3.53. The topological polar surface area (TPSA) is 55.1 Å². The summed E-state index contributed by atoms with van der Waals surface area (Å²) in [4.78, 5) is 10.4. The molecule has 0 bridgehead atoms. The lowest BCUT2D eigenvalue weighted by atomic mass is 10.3. The van der Waals surface area contributed by atoms with Crippen LogP contribution in [0.1, 0.15) is 10.4 Å². The molecule has 1 aromatic carbocycles. The first-order valence-electron chi connectivity index (χ1n) is 4.21. The molecule has 5 heteroatoms. The number of halogens is 1. The number of phenols is 1. The Kier molecular flexibility index (Phi) is 2.21. The van der Waals surface area contributed by atoms with Crippen LogP contribution in [0, 0.1) is 5.95 Å². The number of hydrogen-bond donors (Lipinski definition) is 1. The third-order valence-corrected chi connectivity index (χ3v) is 1.97. The van der Waals surface area contributed by atoms with Gasteiger partial charge < -0.3 is 5.11 Å². The molecule has 0 radical (unpaired) electrons. The predicted octanol–water partition coefficient (Wildman–Crippen LogP) is 1.53. The van der Waals surface area contributed by atoms with Crippen molar-refractivity contribution in [3.63, 3.8) is 0 Å². The fourth-order valence-corrected chi connectivity index (χ4v) is 1.24. The maximum atomic E-state index is 13.5. The number of para-hydroxylation sites is 2. The molecule has 0 aliphatic heterocycles. The van der Waals surface area contributed by atoms with E-state index >= 15 is 0 Å². The van der Waals surface area contributed by atoms with Gasteiger partial charge in [0, 0.05) is 0 Å². The van der Waals surface area contributed by atoms with Gasteiger partial charge in [-0.3, -0.25) is 4.79 Å².